The van der Waals surface area contributed by atoms with Gasteiger partial charge in [0.1, 0.15) is 5.69 Å². The fraction of sp³-hybridized carbons (Fsp3) is 0.188. The van der Waals surface area contributed by atoms with Gasteiger partial charge in [-0.05, 0) is 32.0 Å². The van der Waals surface area contributed by atoms with Crippen molar-refractivity contribution in [1.29, 1.82) is 0 Å². The van der Waals surface area contributed by atoms with Gasteiger partial charge in [-0.15, -0.1) is 0 Å². The lowest BCUT2D eigenvalue weighted by molar-refractivity contribution is 0.103. The Kier molecular flexibility index (Phi) is 3.17. The summed E-state index contributed by atoms with van der Waals surface area (Å²) >= 11 is 0. The van der Waals surface area contributed by atoms with Crippen LogP contribution >= 0.6 is 0 Å². The van der Waals surface area contributed by atoms with Gasteiger partial charge in [-0.1, -0.05) is 0 Å². The molecule has 3 rings (SSSR count). The van der Waals surface area contributed by atoms with E-state index in [9.17, 15) is 4.79 Å². The smallest absolute Gasteiger partial charge is 0.213 e. The summed E-state index contributed by atoms with van der Waals surface area (Å²) in [6, 6.07) is 5.43. The molecule has 0 spiro atoms. The zero-order valence-corrected chi connectivity index (χ0v) is 11.9. The van der Waals surface area contributed by atoms with Crippen LogP contribution in [0.1, 0.15) is 35.9 Å². The van der Waals surface area contributed by atoms with Crippen LogP contribution in [0.5, 0.6) is 0 Å². The number of nitrogen functional groups attached to an aromatic ring is 1. The van der Waals surface area contributed by atoms with Gasteiger partial charge in [-0.3, -0.25) is 14.8 Å². The number of anilines is 1. The van der Waals surface area contributed by atoms with Gasteiger partial charge in [0, 0.05) is 41.9 Å². The van der Waals surface area contributed by atoms with Crippen molar-refractivity contribution in [2.45, 2.75) is 19.9 Å². The molecule has 3 heterocycles. The molecule has 0 atom stereocenters. The average molecular weight is 280 g/mol. The molecular weight excluding hydrogens is 264 g/mol. The maximum absolute atomic E-state index is 12.7. The summed E-state index contributed by atoms with van der Waals surface area (Å²) in [7, 11) is 0. The topological polar surface area (TPSA) is 73.8 Å². The van der Waals surface area contributed by atoms with Gasteiger partial charge in [0.15, 0.2) is 0 Å². The first-order chi connectivity index (χ1) is 10.1. The first-order valence-electron chi connectivity index (χ1n) is 6.78. The van der Waals surface area contributed by atoms with E-state index < -0.39 is 0 Å². The van der Waals surface area contributed by atoms with E-state index in [2.05, 4.69) is 28.4 Å². The van der Waals surface area contributed by atoms with Gasteiger partial charge in [0.25, 0.3) is 0 Å². The summed E-state index contributed by atoms with van der Waals surface area (Å²) in [5.41, 5.74) is 8.20. The van der Waals surface area contributed by atoms with Gasteiger partial charge < -0.3 is 10.3 Å². The van der Waals surface area contributed by atoms with E-state index in [1.165, 1.54) is 0 Å². The minimum absolute atomic E-state index is 0.139. The van der Waals surface area contributed by atoms with Gasteiger partial charge in [0.2, 0.25) is 5.78 Å². The molecule has 3 aromatic heterocycles. The third kappa shape index (κ3) is 2.27. The summed E-state index contributed by atoms with van der Waals surface area (Å²) in [5.74, 6) is -0.139. The highest BCUT2D eigenvalue weighted by molar-refractivity contribution is 6.15. The van der Waals surface area contributed by atoms with E-state index >= 15 is 0 Å². The van der Waals surface area contributed by atoms with Crippen molar-refractivity contribution in [3.63, 3.8) is 0 Å². The quantitative estimate of drug-likeness (QED) is 0.749. The molecule has 21 heavy (non-hydrogen) atoms. The van der Waals surface area contributed by atoms with Crippen molar-refractivity contribution < 1.29 is 4.79 Å². The number of carbonyl (C=O) groups is 1. The number of fused-ring (bicyclic) bond motifs is 1. The van der Waals surface area contributed by atoms with Crippen molar-refractivity contribution >= 4 is 22.4 Å². The molecule has 3 aromatic rings. The van der Waals surface area contributed by atoms with Crippen molar-refractivity contribution in [2.24, 2.45) is 0 Å². The molecule has 0 aliphatic heterocycles. The number of nitrogens with two attached hydrogens (primary N) is 1. The summed E-state index contributed by atoms with van der Waals surface area (Å²) in [5, 5.41) is 0.834. The zero-order valence-electron chi connectivity index (χ0n) is 11.9. The Morgan fingerprint density at radius 2 is 2.10 bits per heavy atom. The van der Waals surface area contributed by atoms with Crippen molar-refractivity contribution in [3.8, 4) is 0 Å². The Morgan fingerprint density at radius 3 is 2.81 bits per heavy atom. The van der Waals surface area contributed by atoms with E-state index in [-0.39, 0.29) is 11.8 Å². The summed E-state index contributed by atoms with van der Waals surface area (Å²) in [6.07, 6.45) is 6.86. The van der Waals surface area contributed by atoms with Gasteiger partial charge >= 0.3 is 0 Å². The van der Waals surface area contributed by atoms with Gasteiger partial charge in [-0.2, -0.15) is 0 Å². The molecule has 0 bridgehead atoms. The predicted molar refractivity (Wildman–Crippen MR) is 82.2 cm³/mol. The molecule has 0 unspecified atom stereocenters. The van der Waals surface area contributed by atoms with E-state index in [4.69, 9.17) is 5.73 Å². The van der Waals surface area contributed by atoms with E-state index in [1.54, 1.807) is 30.7 Å². The van der Waals surface area contributed by atoms with Gasteiger partial charge in [0.05, 0.1) is 11.1 Å². The van der Waals surface area contributed by atoms with Crippen LogP contribution in [-0.4, -0.2) is 20.3 Å². The molecule has 5 heteroatoms. The Labute approximate surface area is 122 Å². The Morgan fingerprint density at radius 1 is 1.29 bits per heavy atom. The molecule has 0 saturated heterocycles. The molecule has 106 valence electrons. The lowest BCUT2D eigenvalue weighted by Gasteiger charge is -2.08. The second-order valence-corrected chi connectivity index (χ2v) is 5.24. The normalized spacial score (nSPS) is 11.2. The van der Waals surface area contributed by atoms with Crippen molar-refractivity contribution in [3.05, 3.63) is 54.2 Å². The second-order valence-electron chi connectivity index (χ2n) is 5.24. The maximum Gasteiger partial charge on any atom is 0.213 e. The fourth-order valence-electron chi connectivity index (χ4n) is 2.42. The predicted octanol–water partition coefficient (Wildman–Crippen LogP) is 2.83. The highest BCUT2D eigenvalue weighted by Gasteiger charge is 2.18. The Hall–Kier alpha value is -2.69. The SMILES string of the molecule is CC(C)n1cc(C(=O)c2cc(N)ccn2)c2cnccc21. The van der Waals surface area contributed by atoms with Crippen molar-refractivity contribution in [2.75, 3.05) is 5.73 Å². The van der Waals surface area contributed by atoms with Crippen LogP contribution in [0, 0.1) is 0 Å². The number of aromatic nitrogens is 3. The number of carbonyl (C=O) groups excluding carboxylic acids is 1. The van der Waals surface area contributed by atoms with Crippen LogP contribution in [0.25, 0.3) is 10.9 Å². The van der Waals surface area contributed by atoms with E-state index in [0.29, 0.717) is 16.9 Å². The Balaban J connectivity index is 2.19. The summed E-state index contributed by atoms with van der Waals surface area (Å²) in [6.45, 7) is 4.15. The van der Waals surface area contributed by atoms with Crippen molar-refractivity contribution in [1.82, 2.24) is 14.5 Å². The third-order valence-electron chi connectivity index (χ3n) is 3.45. The number of nitrogens with zero attached hydrogens (tertiary/aromatic N) is 3. The van der Waals surface area contributed by atoms with E-state index in [0.717, 1.165) is 10.9 Å². The average Bonchev–Trinajstić information content (AvgIpc) is 2.86. The molecule has 2 N–H and O–H groups in total. The van der Waals surface area contributed by atoms with E-state index in [1.807, 2.05) is 12.3 Å². The standard InChI is InChI=1S/C16H16N4O/c1-10(2)20-9-13(12-8-18-5-4-15(12)20)16(21)14-7-11(17)3-6-19-14/h3-10H,1-2H3,(H2,17,19). The number of rotatable bonds is 3. The largest absolute Gasteiger partial charge is 0.399 e. The minimum atomic E-state index is -0.139. The molecule has 0 radical (unpaired) electrons. The van der Waals surface area contributed by atoms with Crippen LogP contribution in [0.4, 0.5) is 5.69 Å². The lowest BCUT2D eigenvalue weighted by Crippen LogP contribution is -2.04. The highest BCUT2D eigenvalue weighted by atomic mass is 16.1. The molecular formula is C16H16N4O. The maximum atomic E-state index is 12.7. The lowest BCUT2D eigenvalue weighted by atomic mass is 10.1. The summed E-state index contributed by atoms with van der Waals surface area (Å²) in [4.78, 5) is 20.9. The first kappa shape index (κ1) is 13.3. The number of hydrogen-bond acceptors (Lipinski definition) is 4. The van der Waals surface area contributed by atoms with Crippen LogP contribution in [0.2, 0.25) is 0 Å². The number of hydrogen-bond donors (Lipinski definition) is 1. The highest BCUT2D eigenvalue weighted by Crippen LogP contribution is 2.25. The molecule has 0 aliphatic carbocycles. The molecule has 0 aromatic carbocycles. The monoisotopic (exact) mass is 280 g/mol. The van der Waals surface area contributed by atoms with Crippen LogP contribution in [0.3, 0.4) is 0 Å². The van der Waals surface area contributed by atoms with Crippen LogP contribution in [-0.2, 0) is 0 Å². The molecule has 0 aliphatic rings. The van der Waals surface area contributed by atoms with Crippen LogP contribution in [0.15, 0.2) is 43.0 Å². The Bertz CT molecular complexity index is 820. The number of ketones is 1. The molecule has 0 amide bonds. The van der Waals surface area contributed by atoms with Crippen LogP contribution < -0.4 is 5.73 Å². The second kappa shape index (κ2) is 5.01. The molecule has 0 fully saturated rings. The van der Waals surface area contributed by atoms with Gasteiger partial charge in [-0.25, -0.2) is 0 Å². The minimum Gasteiger partial charge on any atom is -0.399 e. The first-order valence-corrected chi connectivity index (χ1v) is 6.78. The fourth-order valence-corrected chi connectivity index (χ4v) is 2.42. The number of pyridine rings is 2. The molecule has 0 saturated carbocycles. The zero-order chi connectivity index (χ0) is 15.0. The summed E-state index contributed by atoms with van der Waals surface area (Å²) < 4.78 is 2.07. The molecule has 5 nitrogen and oxygen atoms in total. The third-order valence-corrected chi connectivity index (χ3v) is 3.45.